The summed E-state index contributed by atoms with van der Waals surface area (Å²) < 4.78 is 32.6. The Morgan fingerprint density at radius 3 is 2.55 bits per heavy atom. The molecule has 2 aromatic rings. The lowest BCUT2D eigenvalue weighted by Crippen LogP contribution is -2.56. The summed E-state index contributed by atoms with van der Waals surface area (Å²) in [5, 5.41) is 6.19. The summed E-state index contributed by atoms with van der Waals surface area (Å²) in [6.07, 6.45) is 6.26. The minimum absolute atomic E-state index is 0.0861. The molecule has 0 radical (unpaired) electrons. The molecule has 0 bridgehead atoms. The van der Waals surface area contributed by atoms with E-state index >= 15 is 0 Å². The highest BCUT2D eigenvalue weighted by molar-refractivity contribution is 7.88. The molecule has 2 aliphatic heterocycles. The molecule has 5 N–H and O–H groups in total. The molecule has 1 aromatic carbocycles. The smallest absolute Gasteiger partial charge is 0.266 e. The molecular formula is C29H44N6O6S. The van der Waals surface area contributed by atoms with Crippen LogP contribution in [0.3, 0.4) is 0 Å². The number of nitrogens with one attached hydrogen (secondary N) is 3. The number of para-hydroxylation sites is 2. The Kier molecular flexibility index (Phi) is 11.1. The molecular weight excluding hydrogens is 560 g/mol. The number of carbonyl (C=O) groups is 3. The number of nitrogens with two attached hydrogens (primary N) is 1. The number of hydrogen-bond acceptors (Lipinski definition) is 9. The van der Waals surface area contributed by atoms with Crippen molar-refractivity contribution in [2.45, 2.75) is 76.4 Å². The number of nitrogens with zero attached hydrogens (tertiary/aromatic N) is 2. The van der Waals surface area contributed by atoms with Crippen LogP contribution in [0.1, 0.15) is 69.0 Å². The summed E-state index contributed by atoms with van der Waals surface area (Å²) in [4.78, 5) is 46.9. The maximum absolute atomic E-state index is 13.8. The molecule has 0 unspecified atom stereocenters. The van der Waals surface area contributed by atoms with Crippen molar-refractivity contribution in [3.63, 3.8) is 0 Å². The van der Waals surface area contributed by atoms with E-state index in [9.17, 15) is 22.8 Å². The minimum atomic E-state index is -3.67. The summed E-state index contributed by atoms with van der Waals surface area (Å²) >= 11 is 0. The van der Waals surface area contributed by atoms with Crippen molar-refractivity contribution in [3.8, 4) is 0 Å². The second-order valence-electron chi connectivity index (χ2n) is 11.7. The Morgan fingerprint density at radius 1 is 1.12 bits per heavy atom. The number of fused-ring (bicyclic) bond motifs is 1. The molecule has 2 aliphatic rings. The first-order valence-electron chi connectivity index (χ1n) is 15.0. The summed E-state index contributed by atoms with van der Waals surface area (Å²) in [5.41, 5.74) is 6.69. The lowest BCUT2D eigenvalue weighted by Gasteiger charge is -2.31. The SMILES string of the molecule is C[C@H]1CCN(C(=O)[C@@H](CCC2CCNCC2)NS(C)(=O)=O)[C@@H]1C(=O)N[C@@H](CCCCN)C(=O)c1nc2ccccc2o1. The van der Waals surface area contributed by atoms with Gasteiger partial charge in [0.25, 0.3) is 5.89 Å². The molecule has 2 fully saturated rings. The van der Waals surface area contributed by atoms with Crippen molar-refractivity contribution in [3.05, 3.63) is 30.2 Å². The van der Waals surface area contributed by atoms with Gasteiger partial charge in [0.05, 0.1) is 12.3 Å². The number of hydrogen-bond donors (Lipinski definition) is 4. The first kappa shape index (κ1) is 32.1. The van der Waals surface area contributed by atoms with Gasteiger partial charge in [-0.3, -0.25) is 14.4 Å². The van der Waals surface area contributed by atoms with Gasteiger partial charge in [0.2, 0.25) is 27.6 Å². The fraction of sp³-hybridized carbons (Fsp3) is 0.655. The Balaban J connectivity index is 1.50. The molecule has 2 amide bonds. The zero-order valence-electron chi connectivity index (χ0n) is 24.5. The highest BCUT2D eigenvalue weighted by Gasteiger charge is 2.43. The van der Waals surface area contributed by atoms with Crippen LogP contribution in [0.2, 0.25) is 0 Å². The summed E-state index contributed by atoms with van der Waals surface area (Å²) in [7, 11) is -3.67. The van der Waals surface area contributed by atoms with Crippen LogP contribution in [0.5, 0.6) is 0 Å². The van der Waals surface area contributed by atoms with Crippen LogP contribution in [-0.4, -0.2) is 86.5 Å². The first-order chi connectivity index (χ1) is 20.1. The van der Waals surface area contributed by atoms with E-state index in [2.05, 4.69) is 20.3 Å². The quantitative estimate of drug-likeness (QED) is 0.184. The van der Waals surface area contributed by atoms with E-state index in [0.29, 0.717) is 68.6 Å². The first-order valence-corrected chi connectivity index (χ1v) is 16.8. The van der Waals surface area contributed by atoms with Crippen molar-refractivity contribution in [1.82, 2.24) is 25.2 Å². The molecule has 0 aliphatic carbocycles. The molecule has 13 heteroatoms. The van der Waals surface area contributed by atoms with Crippen LogP contribution in [0.15, 0.2) is 28.7 Å². The van der Waals surface area contributed by atoms with Gasteiger partial charge in [0.1, 0.15) is 17.6 Å². The van der Waals surface area contributed by atoms with Gasteiger partial charge in [0.15, 0.2) is 5.58 Å². The van der Waals surface area contributed by atoms with E-state index in [1.165, 1.54) is 4.90 Å². The van der Waals surface area contributed by atoms with Crippen molar-refractivity contribution >= 4 is 38.7 Å². The number of Topliss-reactive ketones (excluding diaryl/α,β-unsaturated/α-hetero) is 1. The highest BCUT2D eigenvalue weighted by Crippen LogP contribution is 2.27. The van der Waals surface area contributed by atoms with Crippen LogP contribution in [0.4, 0.5) is 0 Å². The molecule has 2 saturated heterocycles. The van der Waals surface area contributed by atoms with Crippen molar-refractivity contribution < 1.29 is 27.2 Å². The number of carbonyl (C=O) groups excluding carboxylic acids is 3. The Hall–Kier alpha value is -2.87. The van der Waals surface area contributed by atoms with Crippen molar-refractivity contribution in [2.24, 2.45) is 17.6 Å². The predicted molar refractivity (Wildman–Crippen MR) is 159 cm³/mol. The number of sulfonamides is 1. The van der Waals surface area contributed by atoms with Gasteiger partial charge in [-0.2, -0.15) is 0 Å². The lowest BCUT2D eigenvalue weighted by molar-refractivity contribution is -0.140. The molecule has 4 rings (SSSR count). The van der Waals surface area contributed by atoms with E-state index < -0.39 is 45.7 Å². The number of likely N-dealkylation sites (tertiary alicyclic amines) is 1. The Bertz CT molecular complexity index is 1310. The minimum Gasteiger partial charge on any atom is -0.434 e. The summed E-state index contributed by atoms with van der Waals surface area (Å²) in [5.74, 6) is -1.17. The van der Waals surface area contributed by atoms with Crippen LogP contribution < -0.4 is 21.1 Å². The van der Waals surface area contributed by atoms with Gasteiger partial charge in [0, 0.05) is 6.54 Å². The maximum Gasteiger partial charge on any atom is 0.266 e. The number of aromatic nitrogens is 1. The molecule has 12 nitrogen and oxygen atoms in total. The summed E-state index contributed by atoms with van der Waals surface area (Å²) in [6, 6.07) is 4.33. The molecule has 0 saturated carbocycles. The van der Waals surface area contributed by atoms with Crippen LogP contribution in [0, 0.1) is 11.8 Å². The van der Waals surface area contributed by atoms with E-state index in [1.54, 1.807) is 24.3 Å². The predicted octanol–water partition coefficient (Wildman–Crippen LogP) is 1.56. The Morgan fingerprint density at radius 2 is 1.86 bits per heavy atom. The molecule has 232 valence electrons. The number of ketones is 1. The number of oxazole rings is 1. The van der Waals surface area contributed by atoms with Crippen LogP contribution in [-0.2, 0) is 19.6 Å². The average molecular weight is 605 g/mol. The number of piperidine rings is 1. The van der Waals surface area contributed by atoms with E-state index in [-0.39, 0.29) is 11.8 Å². The van der Waals surface area contributed by atoms with Gasteiger partial charge in [-0.1, -0.05) is 19.1 Å². The Labute approximate surface area is 247 Å². The van der Waals surface area contributed by atoms with E-state index in [1.807, 2.05) is 6.92 Å². The van der Waals surface area contributed by atoms with Gasteiger partial charge in [-0.15, -0.1) is 0 Å². The normalized spacial score (nSPS) is 21.4. The number of rotatable bonds is 14. The third-order valence-corrected chi connectivity index (χ3v) is 9.03. The molecule has 1 aromatic heterocycles. The van der Waals surface area contributed by atoms with Crippen molar-refractivity contribution in [2.75, 3.05) is 32.4 Å². The molecule has 42 heavy (non-hydrogen) atoms. The van der Waals surface area contributed by atoms with Crippen molar-refractivity contribution in [1.29, 1.82) is 0 Å². The monoisotopic (exact) mass is 604 g/mol. The maximum atomic E-state index is 13.8. The standard InChI is InChI=1S/C29H44N6O6S/c1-19-14-18-35(29(38)23(34-42(2,39)40)11-10-20-12-16-31-17-13-20)25(19)27(37)32-22(8-5-6-15-30)26(36)28-33-21-7-3-4-9-24(21)41-28/h3-4,7,9,19-20,22-23,25,31,34H,5-6,8,10-18,30H2,1-2H3,(H,32,37)/t19-,22-,23+,25-/m0/s1. The van der Waals surface area contributed by atoms with E-state index in [4.69, 9.17) is 10.2 Å². The number of unbranched alkanes of at least 4 members (excludes halogenated alkanes) is 1. The van der Waals surface area contributed by atoms with Gasteiger partial charge in [-0.25, -0.2) is 18.1 Å². The molecule has 0 spiro atoms. The zero-order valence-corrected chi connectivity index (χ0v) is 25.3. The lowest BCUT2D eigenvalue weighted by atomic mass is 9.91. The van der Waals surface area contributed by atoms with Gasteiger partial charge >= 0.3 is 0 Å². The van der Waals surface area contributed by atoms with Crippen LogP contribution >= 0.6 is 0 Å². The fourth-order valence-electron chi connectivity index (χ4n) is 6.00. The number of benzene rings is 1. The van der Waals surface area contributed by atoms with E-state index in [0.717, 1.165) is 32.2 Å². The second kappa shape index (κ2) is 14.5. The summed E-state index contributed by atoms with van der Waals surface area (Å²) in [6.45, 7) is 4.47. The average Bonchev–Trinajstić information content (AvgIpc) is 3.57. The zero-order chi connectivity index (χ0) is 30.3. The fourth-order valence-corrected chi connectivity index (χ4v) is 6.74. The molecule has 3 heterocycles. The topological polar surface area (TPSA) is 177 Å². The highest BCUT2D eigenvalue weighted by atomic mass is 32.2. The largest absolute Gasteiger partial charge is 0.434 e. The number of amides is 2. The van der Waals surface area contributed by atoms with Gasteiger partial charge in [-0.05, 0) is 95.0 Å². The second-order valence-corrected chi connectivity index (χ2v) is 13.4. The third-order valence-electron chi connectivity index (χ3n) is 8.31. The third kappa shape index (κ3) is 8.36. The molecule has 4 atom stereocenters. The van der Waals surface area contributed by atoms with Crippen LogP contribution in [0.25, 0.3) is 11.1 Å². The van der Waals surface area contributed by atoms with Gasteiger partial charge < -0.3 is 25.7 Å².